The molecule has 0 spiro atoms. The first-order valence-electron chi connectivity index (χ1n) is 5.24. The number of nitrogens with zero attached hydrogens (tertiary/aromatic N) is 1. The number of carbonyl (C=O) groups excluding carboxylic acids is 1. The lowest BCUT2D eigenvalue weighted by atomic mass is 10.2. The number of nitrogens with two attached hydrogens (primary N) is 2. The van der Waals surface area contributed by atoms with E-state index in [9.17, 15) is 4.79 Å². The highest BCUT2D eigenvalue weighted by molar-refractivity contribution is 5.72. The number of nitrogens with one attached hydrogen (secondary N) is 1. The van der Waals surface area contributed by atoms with Crippen molar-refractivity contribution in [1.82, 2.24) is 4.90 Å². The SMILES string of the molecule is CN(C)CCNc1ccc(N)c(OC(N)=O)c1. The zero-order valence-electron chi connectivity index (χ0n) is 10.1. The maximum Gasteiger partial charge on any atom is 0.410 e. The molecule has 5 N–H and O–H groups in total. The fourth-order valence-electron chi connectivity index (χ4n) is 1.26. The first kappa shape index (κ1) is 13.1. The third-order valence-corrected chi connectivity index (χ3v) is 2.11. The molecule has 0 bridgehead atoms. The van der Waals surface area contributed by atoms with Gasteiger partial charge in [-0.15, -0.1) is 0 Å². The van der Waals surface area contributed by atoms with Gasteiger partial charge in [0.25, 0.3) is 0 Å². The van der Waals surface area contributed by atoms with Crippen molar-refractivity contribution in [2.75, 3.05) is 38.2 Å². The third-order valence-electron chi connectivity index (χ3n) is 2.11. The van der Waals surface area contributed by atoms with Gasteiger partial charge in [0.05, 0.1) is 5.69 Å². The number of primary amides is 1. The van der Waals surface area contributed by atoms with Gasteiger partial charge in [0.2, 0.25) is 0 Å². The summed E-state index contributed by atoms with van der Waals surface area (Å²) in [5.41, 5.74) is 11.8. The Labute approximate surface area is 101 Å². The van der Waals surface area contributed by atoms with Gasteiger partial charge in [-0.3, -0.25) is 0 Å². The maximum absolute atomic E-state index is 10.7. The molecule has 6 heteroatoms. The van der Waals surface area contributed by atoms with Crippen LogP contribution in [0.2, 0.25) is 0 Å². The molecule has 0 radical (unpaired) electrons. The van der Waals surface area contributed by atoms with Crippen LogP contribution in [0.25, 0.3) is 0 Å². The van der Waals surface area contributed by atoms with E-state index in [4.69, 9.17) is 16.2 Å². The molecule has 0 unspecified atom stereocenters. The van der Waals surface area contributed by atoms with Crippen LogP contribution in [0.5, 0.6) is 5.75 Å². The molecular weight excluding hydrogens is 220 g/mol. The second kappa shape index (κ2) is 5.95. The van der Waals surface area contributed by atoms with Crippen molar-refractivity contribution in [3.63, 3.8) is 0 Å². The predicted octanol–water partition coefficient (Wildman–Crippen LogP) is 0.700. The standard InChI is InChI=1S/C11H18N4O2/c1-15(2)6-5-14-8-3-4-9(12)10(7-8)17-11(13)16/h3-4,7,14H,5-6,12H2,1-2H3,(H2,13,16). The van der Waals surface area contributed by atoms with Gasteiger partial charge in [-0.05, 0) is 26.2 Å². The van der Waals surface area contributed by atoms with Gasteiger partial charge in [0.1, 0.15) is 0 Å². The highest BCUT2D eigenvalue weighted by atomic mass is 16.5. The molecule has 17 heavy (non-hydrogen) atoms. The zero-order chi connectivity index (χ0) is 12.8. The minimum Gasteiger partial charge on any atom is -0.408 e. The first-order chi connectivity index (χ1) is 7.99. The maximum atomic E-state index is 10.7. The lowest BCUT2D eigenvalue weighted by molar-refractivity contribution is 0.211. The zero-order valence-corrected chi connectivity index (χ0v) is 10.1. The van der Waals surface area contributed by atoms with Crippen LogP contribution in [0.3, 0.4) is 0 Å². The number of likely N-dealkylation sites (N-methyl/N-ethyl adjacent to an activating group) is 1. The number of hydrogen-bond acceptors (Lipinski definition) is 5. The van der Waals surface area contributed by atoms with Crippen LogP contribution < -0.4 is 21.5 Å². The smallest absolute Gasteiger partial charge is 0.408 e. The Hall–Kier alpha value is -1.95. The lowest BCUT2D eigenvalue weighted by Gasteiger charge is -2.12. The van der Waals surface area contributed by atoms with E-state index in [1.54, 1.807) is 12.1 Å². The molecule has 1 rings (SSSR count). The summed E-state index contributed by atoms with van der Waals surface area (Å²) in [7, 11) is 3.98. The fraction of sp³-hybridized carbons (Fsp3) is 0.364. The number of rotatable bonds is 5. The molecule has 6 nitrogen and oxygen atoms in total. The van der Waals surface area contributed by atoms with Crippen molar-refractivity contribution in [3.05, 3.63) is 18.2 Å². The summed E-state index contributed by atoms with van der Waals surface area (Å²) in [5.74, 6) is 0.271. The van der Waals surface area contributed by atoms with E-state index < -0.39 is 6.09 Å². The van der Waals surface area contributed by atoms with Crippen LogP contribution in [0.15, 0.2) is 18.2 Å². The Morgan fingerprint density at radius 1 is 1.47 bits per heavy atom. The van der Waals surface area contributed by atoms with E-state index in [2.05, 4.69) is 10.2 Å². The van der Waals surface area contributed by atoms with Crippen molar-refractivity contribution in [3.8, 4) is 5.75 Å². The number of benzene rings is 1. The molecule has 0 aliphatic carbocycles. The Morgan fingerprint density at radius 3 is 2.76 bits per heavy atom. The average Bonchev–Trinajstić information content (AvgIpc) is 2.21. The molecule has 1 aromatic rings. The normalized spacial score (nSPS) is 10.3. The topological polar surface area (TPSA) is 93.6 Å². The predicted molar refractivity (Wildman–Crippen MR) is 68.1 cm³/mol. The third kappa shape index (κ3) is 4.60. The molecule has 0 fully saturated rings. The monoisotopic (exact) mass is 238 g/mol. The van der Waals surface area contributed by atoms with Gasteiger partial charge in [0, 0.05) is 24.8 Å². The molecular formula is C11H18N4O2. The van der Waals surface area contributed by atoms with Crippen molar-refractivity contribution < 1.29 is 9.53 Å². The molecule has 0 aliphatic rings. The Morgan fingerprint density at radius 2 is 2.18 bits per heavy atom. The van der Waals surface area contributed by atoms with Crippen molar-refractivity contribution in [1.29, 1.82) is 0 Å². The van der Waals surface area contributed by atoms with Crippen LogP contribution in [-0.4, -0.2) is 38.2 Å². The van der Waals surface area contributed by atoms with Crippen molar-refractivity contribution in [2.45, 2.75) is 0 Å². The number of hydrogen-bond donors (Lipinski definition) is 3. The van der Waals surface area contributed by atoms with E-state index in [0.29, 0.717) is 5.69 Å². The molecule has 0 aliphatic heterocycles. The second-order valence-corrected chi connectivity index (χ2v) is 3.90. The van der Waals surface area contributed by atoms with Crippen LogP contribution in [0.4, 0.5) is 16.2 Å². The minimum atomic E-state index is -0.873. The number of nitrogen functional groups attached to an aromatic ring is 1. The molecule has 1 amide bonds. The molecule has 0 heterocycles. The van der Waals surface area contributed by atoms with E-state index in [1.807, 2.05) is 20.2 Å². The van der Waals surface area contributed by atoms with Crippen LogP contribution >= 0.6 is 0 Å². The van der Waals surface area contributed by atoms with Crippen LogP contribution in [-0.2, 0) is 0 Å². The largest absolute Gasteiger partial charge is 0.410 e. The minimum absolute atomic E-state index is 0.271. The number of carbonyl (C=O) groups is 1. The highest BCUT2D eigenvalue weighted by Crippen LogP contribution is 2.25. The summed E-state index contributed by atoms with van der Waals surface area (Å²) in [4.78, 5) is 12.7. The van der Waals surface area contributed by atoms with Crippen molar-refractivity contribution >= 4 is 17.5 Å². The quantitative estimate of drug-likeness (QED) is 0.656. The summed E-state index contributed by atoms with van der Waals surface area (Å²) in [6, 6.07) is 5.13. The first-order valence-corrected chi connectivity index (χ1v) is 5.24. The number of ether oxygens (including phenoxy) is 1. The van der Waals surface area contributed by atoms with E-state index in [0.717, 1.165) is 18.8 Å². The van der Waals surface area contributed by atoms with E-state index in [1.165, 1.54) is 0 Å². The summed E-state index contributed by atoms with van der Waals surface area (Å²) < 4.78 is 4.78. The molecule has 0 saturated heterocycles. The average molecular weight is 238 g/mol. The summed E-state index contributed by atoms with van der Waals surface area (Å²) in [6.07, 6.45) is -0.873. The van der Waals surface area contributed by atoms with Crippen LogP contribution in [0.1, 0.15) is 0 Å². The van der Waals surface area contributed by atoms with Gasteiger partial charge in [-0.25, -0.2) is 4.79 Å². The number of anilines is 2. The van der Waals surface area contributed by atoms with Gasteiger partial charge in [-0.2, -0.15) is 0 Å². The van der Waals surface area contributed by atoms with Gasteiger partial charge >= 0.3 is 6.09 Å². The van der Waals surface area contributed by atoms with Crippen molar-refractivity contribution in [2.24, 2.45) is 5.73 Å². The molecule has 0 saturated carbocycles. The van der Waals surface area contributed by atoms with Gasteiger partial charge in [-0.1, -0.05) is 0 Å². The Balaban J connectivity index is 2.64. The summed E-state index contributed by atoms with van der Waals surface area (Å²) >= 11 is 0. The molecule has 0 atom stereocenters. The fourth-order valence-corrected chi connectivity index (χ4v) is 1.26. The van der Waals surface area contributed by atoms with Crippen LogP contribution in [0, 0.1) is 0 Å². The van der Waals surface area contributed by atoms with E-state index >= 15 is 0 Å². The van der Waals surface area contributed by atoms with E-state index in [-0.39, 0.29) is 5.75 Å². The lowest BCUT2D eigenvalue weighted by Crippen LogP contribution is -2.21. The van der Waals surface area contributed by atoms with Gasteiger partial charge in [0.15, 0.2) is 5.75 Å². The second-order valence-electron chi connectivity index (χ2n) is 3.90. The Kier molecular flexibility index (Phi) is 4.59. The summed E-state index contributed by atoms with van der Waals surface area (Å²) in [5, 5.41) is 3.19. The highest BCUT2D eigenvalue weighted by Gasteiger charge is 2.05. The molecule has 1 aromatic carbocycles. The number of amides is 1. The summed E-state index contributed by atoms with van der Waals surface area (Å²) in [6.45, 7) is 1.68. The Bertz CT molecular complexity index is 393. The molecule has 94 valence electrons. The van der Waals surface area contributed by atoms with Gasteiger partial charge < -0.3 is 26.4 Å². The molecule has 0 aromatic heterocycles.